The van der Waals surface area contributed by atoms with Gasteiger partial charge in [0.15, 0.2) is 0 Å². The van der Waals surface area contributed by atoms with Gasteiger partial charge in [0.2, 0.25) is 0 Å². The van der Waals surface area contributed by atoms with E-state index in [9.17, 15) is 9.50 Å². The van der Waals surface area contributed by atoms with Crippen molar-refractivity contribution in [1.29, 1.82) is 0 Å². The van der Waals surface area contributed by atoms with Crippen LogP contribution >= 0.6 is 12.4 Å². The Morgan fingerprint density at radius 3 is 2.47 bits per heavy atom. The molecule has 1 aromatic rings. The molecule has 1 aliphatic carbocycles. The van der Waals surface area contributed by atoms with Crippen LogP contribution in [0.3, 0.4) is 0 Å². The fraction of sp³-hybridized carbons (Fsp3) is 0.600. The van der Waals surface area contributed by atoms with Gasteiger partial charge < -0.3 is 10.8 Å². The van der Waals surface area contributed by atoms with Gasteiger partial charge >= 0.3 is 0 Å². The summed E-state index contributed by atoms with van der Waals surface area (Å²) in [5.74, 6) is 0.0669. The van der Waals surface area contributed by atoms with Crippen LogP contribution in [0.5, 0.6) is 0 Å². The highest BCUT2D eigenvalue weighted by atomic mass is 35.5. The summed E-state index contributed by atoms with van der Waals surface area (Å²) in [5, 5.41) is 10.3. The molecule has 108 valence electrons. The minimum atomic E-state index is -0.518. The topological polar surface area (TPSA) is 46.2 Å². The molecule has 0 aromatic heterocycles. The zero-order valence-corrected chi connectivity index (χ0v) is 12.1. The molecule has 1 aromatic carbocycles. The number of aliphatic hydroxyl groups excluding tert-OH is 1. The Morgan fingerprint density at radius 2 is 1.89 bits per heavy atom. The second-order valence-electron chi connectivity index (χ2n) is 5.42. The number of aryl methyl sites for hydroxylation is 1. The van der Waals surface area contributed by atoms with Crippen molar-refractivity contribution >= 4 is 12.4 Å². The molecule has 2 atom stereocenters. The SMILES string of the molecule is Cc1cc([C@H](N)[C@H](O)C2CCCCC2)ccc1F.Cl. The molecule has 2 nitrogen and oxygen atoms in total. The van der Waals surface area contributed by atoms with Crippen LogP contribution in [0, 0.1) is 18.7 Å². The van der Waals surface area contributed by atoms with Gasteiger partial charge in [-0.3, -0.25) is 0 Å². The summed E-state index contributed by atoms with van der Waals surface area (Å²) in [4.78, 5) is 0. The molecule has 19 heavy (non-hydrogen) atoms. The van der Waals surface area contributed by atoms with Gasteiger partial charge in [0.25, 0.3) is 0 Å². The summed E-state index contributed by atoms with van der Waals surface area (Å²) in [5.41, 5.74) is 7.52. The van der Waals surface area contributed by atoms with E-state index in [1.807, 2.05) is 0 Å². The Morgan fingerprint density at radius 1 is 1.26 bits per heavy atom. The molecule has 0 saturated heterocycles. The van der Waals surface area contributed by atoms with Gasteiger partial charge in [0.05, 0.1) is 12.1 Å². The normalized spacial score (nSPS) is 19.6. The third kappa shape index (κ3) is 3.91. The lowest BCUT2D eigenvalue weighted by Gasteiger charge is -2.30. The molecule has 3 N–H and O–H groups in total. The van der Waals surface area contributed by atoms with Crippen LogP contribution in [0.15, 0.2) is 18.2 Å². The largest absolute Gasteiger partial charge is 0.391 e. The van der Waals surface area contributed by atoms with Crippen molar-refractivity contribution in [1.82, 2.24) is 0 Å². The van der Waals surface area contributed by atoms with E-state index < -0.39 is 12.1 Å². The van der Waals surface area contributed by atoms with E-state index in [4.69, 9.17) is 5.73 Å². The molecule has 2 rings (SSSR count). The van der Waals surface area contributed by atoms with Crippen LogP contribution in [-0.2, 0) is 0 Å². The minimum absolute atomic E-state index is 0. The fourth-order valence-corrected chi connectivity index (χ4v) is 2.84. The molecule has 1 aliphatic rings. The van der Waals surface area contributed by atoms with Gasteiger partial charge in [-0.2, -0.15) is 0 Å². The fourth-order valence-electron chi connectivity index (χ4n) is 2.84. The van der Waals surface area contributed by atoms with E-state index in [-0.39, 0.29) is 18.2 Å². The number of nitrogens with two attached hydrogens (primary N) is 1. The van der Waals surface area contributed by atoms with Crippen molar-refractivity contribution in [3.63, 3.8) is 0 Å². The second-order valence-corrected chi connectivity index (χ2v) is 5.42. The summed E-state index contributed by atoms with van der Waals surface area (Å²) in [6.07, 6.45) is 5.20. The first-order valence-electron chi connectivity index (χ1n) is 6.79. The second kappa shape index (κ2) is 7.22. The van der Waals surface area contributed by atoms with E-state index in [1.54, 1.807) is 19.1 Å². The predicted molar refractivity (Wildman–Crippen MR) is 77.9 cm³/mol. The van der Waals surface area contributed by atoms with E-state index in [0.29, 0.717) is 11.5 Å². The lowest BCUT2D eigenvalue weighted by atomic mass is 9.81. The van der Waals surface area contributed by atoms with Gasteiger partial charge in [0, 0.05) is 0 Å². The van der Waals surface area contributed by atoms with E-state index in [2.05, 4.69) is 0 Å². The molecule has 0 aliphatic heterocycles. The van der Waals surface area contributed by atoms with Crippen molar-refractivity contribution in [3.8, 4) is 0 Å². The van der Waals surface area contributed by atoms with Crippen molar-refractivity contribution in [2.45, 2.75) is 51.2 Å². The van der Waals surface area contributed by atoms with Crippen LogP contribution in [-0.4, -0.2) is 11.2 Å². The monoisotopic (exact) mass is 287 g/mol. The quantitative estimate of drug-likeness (QED) is 0.894. The van der Waals surface area contributed by atoms with Crippen LogP contribution in [0.2, 0.25) is 0 Å². The molecule has 1 fully saturated rings. The number of benzene rings is 1. The maximum absolute atomic E-state index is 13.2. The van der Waals surface area contributed by atoms with E-state index in [1.165, 1.54) is 25.3 Å². The Bertz CT molecular complexity index is 407. The number of halogens is 2. The third-order valence-electron chi connectivity index (χ3n) is 4.07. The molecule has 0 radical (unpaired) electrons. The van der Waals surface area contributed by atoms with E-state index >= 15 is 0 Å². The summed E-state index contributed by atoms with van der Waals surface area (Å²) < 4.78 is 13.2. The minimum Gasteiger partial charge on any atom is -0.391 e. The zero-order chi connectivity index (χ0) is 13.1. The Labute approximate surface area is 120 Å². The van der Waals surface area contributed by atoms with Crippen molar-refractivity contribution in [3.05, 3.63) is 35.1 Å². The average molecular weight is 288 g/mol. The summed E-state index contributed by atoms with van der Waals surface area (Å²) >= 11 is 0. The van der Waals surface area contributed by atoms with Crippen molar-refractivity contribution < 1.29 is 9.50 Å². The number of aliphatic hydroxyl groups is 1. The third-order valence-corrected chi connectivity index (χ3v) is 4.07. The van der Waals surface area contributed by atoms with Gasteiger partial charge in [-0.25, -0.2) is 4.39 Å². The maximum Gasteiger partial charge on any atom is 0.126 e. The smallest absolute Gasteiger partial charge is 0.126 e. The van der Waals surface area contributed by atoms with Gasteiger partial charge in [-0.15, -0.1) is 12.4 Å². The number of rotatable bonds is 3. The Hall–Kier alpha value is -0.640. The zero-order valence-electron chi connectivity index (χ0n) is 11.3. The van der Waals surface area contributed by atoms with Crippen LogP contribution in [0.1, 0.15) is 49.3 Å². The molecule has 0 amide bonds. The summed E-state index contributed by atoms with van der Waals surface area (Å²) in [6, 6.07) is 4.44. The lowest BCUT2D eigenvalue weighted by molar-refractivity contribution is 0.0617. The van der Waals surface area contributed by atoms with Crippen molar-refractivity contribution in [2.75, 3.05) is 0 Å². The molecule has 1 saturated carbocycles. The standard InChI is InChI=1S/C15H22FNO.ClH/c1-10-9-12(7-8-13(10)16)14(17)15(18)11-5-3-2-4-6-11;/h7-9,11,14-15,18H,2-6,17H2,1H3;1H/t14-,15+;/m0./s1. The highest BCUT2D eigenvalue weighted by Gasteiger charge is 2.27. The average Bonchev–Trinajstić information content (AvgIpc) is 2.41. The maximum atomic E-state index is 13.2. The number of hydrogen-bond donors (Lipinski definition) is 2. The number of hydrogen-bond acceptors (Lipinski definition) is 2. The van der Waals surface area contributed by atoms with E-state index in [0.717, 1.165) is 18.4 Å². The summed E-state index contributed by atoms with van der Waals surface area (Å²) in [7, 11) is 0. The molecular weight excluding hydrogens is 265 g/mol. The van der Waals surface area contributed by atoms with Crippen molar-refractivity contribution in [2.24, 2.45) is 11.7 Å². The van der Waals surface area contributed by atoms with Gasteiger partial charge in [-0.05, 0) is 42.9 Å². The van der Waals surface area contributed by atoms with Crippen LogP contribution in [0.4, 0.5) is 4.39 Å². The highest BCUT2D eigenvalue weighted by Crippen LogP contribution is 2.31. The summed E-state index contributed by atoms with van der Waals surface area (Å²) in [6.45, 7) is 1.72. The van der Waals surface area contributed by atoms with Gasteiger partial charge in [-0.1, -0.05) is 31.4 Å². The Kier molecular flexibility index (Phi) is 6.24. The predicted octanol–water partition coefficient (Wildman–Crippen LogP) is 3.50. The first-order valence-corrected chi connectivity index (χ1v) is 6.79. The van der Waals surface area contributed by atoms with Gasteiger partial charge in [0.1, 0.15) is 5.82 Å². The first-order chi connectivity index (χ1) is 8.59. The molecule has 0 bridgehead atoms. The van der Waals surface area contributed by atoms with Crippen LogP contribution in [0.25, 0.3) is 0 Å². The molecule has 0 heterocycles. The molecular formula is C15H23ClFNO. The van der Waals surface area contributed by atoms with Crippen LogP contribution < -0.4 is 5.73 Å². The molecule has 4 heteroatoms. The highest BCUT2D eigenvalue weighted by molar-refractivity contribution is 5.85. The molecule has 0 spiro atoms. The lowest BCUT2D eigenvalue weighted by Crippen LogP contribution is -2.34. The Balaban J connectivity index is 0.00000180. The first kappa shape index (κ1) is 16.4. The molecule has 0 unspecified atom stereocenters.